The minimum absolute atomic E-state index is 1.03. The van der Waals surface area contributed by atoms with E-state index >= 15 is 0 Å². The molecule has 0 aliphatic rings. The predicted molar refractivity (Wildman–Crippen MR) is 69.5 cm³/mol. The van der Waals surface area contributed by atoms with Crippen molar-refractivity contribution in [3.8, 4) is 0 Å². The van der Waals surface area contributed by atoms with E-state index in [0.29, 0.717) is 0 Å². The summed E-state index contributed by atoms with van der Waals surface area (Å²) in [5.74, 6) is 0. The highest BCUT2D eigenvalue weighted by atomic mass is 13.9. The van der Waals surface area contributed by atoms with Gasteiger partial charge in [-0.2, -0.15) is 0 Å². The minimum Gasteiger partial charge on any atom is -0.0904 e. The number of hydrogen-bond acceptors (Lipinski definition) is 0. The molecule has 2 rings (SSSR count). The highest BCUT2D eigenvalue weighted by molar-refractivity contribution is 5.49. The highest BCUT2D eigenvalue weighted by Gasteiger charge is 1.96. The Morgan fingerprint density at radius 3 is 2.12 bits per heavy atom. The first kappa shape index (κ1) is 10.6. The van der Waals surface area contributed by atoms with Gasteiger partial charge in [-0.3, -0.25) is 0 Å². The van der Waals surface area contributed by atoms with Crippen molar-refractivity contribution < 1.29 is 0 Å². The van der Waals surface area contributed by atoms with Crippen molar-refractivity contribution in [3.63, 3.8) is 0 Å². The van der Waals surface area contributed by atoms with Gasteiger partial charge in [-0.05, 0) is 41.5 Å². The van der Waals surface area contributed by atoms with Gasteiger partial charge >= 0.3 is 0 Å². The summed E-state index contributed by atoms with van der Waals surface area (Å²) in [6, 6.07) is 16.6. The number of hydrogen-bond donors (Lipinski definition) is 0. The van der Waals surface area contributed by atoms with E-state index in [9.17, 15) is 0 Å². The zero-order valence-electron chi connectivity index (χ0n) is 9.53. The summed E-state index contributed by atoms with van der Waals surface area (Å²) in [5.41, 5.74) is 2.48. The van der Waals surface area contributed by atoms with E-state index < -0.39 is 0 Å². The second kappa shape index (κ2) is 4.74. The molecule has 78 valence electrons. The van der Waals surface area contributed by atoms with Gasteiger partial charge in [-0.1, -0.05) is 13.5 Å². The van der Waals surface area contributed by atoms with Crippen LogP contribution in [0.15, 0.2) is 48.5 Å². The van der Waals surface area contributed by atoms with E-state index in [1.807, 2.05) is 24.3 Å². The minimum atomic E-state index is 1.03. The van der Waals surface area contributed by atoms with Gasteiger partial charge in [0, 0.05) is 30.3 Å². The lowest BCUT2D eigenvalue weighted by atomic mass is 10.1. The molecular formula is C16H15+. The molecule has 0 aliphatic carbocycles. The van der Waals surface area contributed by atoms with E-state index in [1.165, 1.54) is 5.56 Å². The summed E-state index contributed by atoms with van der Waals surface area (Å²) in [4.78, 5) is 0. The topological polar surface area (TPSA) is 0 Å². The number of benzene rings is 2. The number of aryl methyl sites for hydroxylation is 1. The molecule has 0 aromatic heterocycles. The molecule has 0 saturated heterocycles. The van der Waals surface area contributed by atoms with Crippen LogP contribution in [-0.2, 0) is 6.42 Å². The quantitative estimate of drug-likeness (QED) is 0.663. The van der Waals surface area contributed by atoms with Gasteiger partial charge in [0.25, 0.3) is 0 Å². The zero-order chi connectivity index (χ0) is 11.4. The Morgan fingerprint density at radius 2 is 1.56 bits per heavy atom. The van der Waals surface area contributed by atoms with E-state index in [2.05, 4.69) is 43.8 Å². The third-order valence-electron chi connectivity index (χ3n) is 2.60. The zero-order valence-corrected chi connectivity index (χ0v) is 9.53. The summed E-state index contributed by atoms with van der Waals surface area (Å²) >= 11 is 0. The van der Waals surface area contributed by atoms with Crippen LogP contribution in [0.25, 0.3) is 12.7 Å². The molecule has 2 aromatic rings. The second-order valence-electron chi connectivity index (χ2n) is 3.87. The summed E-state index contributed by atoms with van der Waals surface area (Å²) < 4.78 is 0. The van der Waals surface area contributed by atoms with Crippen LogP contribution in [0.4, 0.5) is 0 Å². The van der Waals surface area contributed by atoms with Crippen LogP contribution in [-0.4, -0.2) is 0 Å². The highest BCUT2D eigenvalue weighted by Crippen LogP contribution is 2.05. The Kier molecular flexibility index (Phi) is 3.14. The maximum absolute atomic E-state index is 3.86. The SMILES string of the molecule is C=c1ccc(=[C+]c2ccc(CC)cc2)cc1. The number of rotatable bonds is 2. The monoisotopic (exact) mass is 207 g/mol. The Hall–Kier alpha value is -1.91. The molecular weight excluding hydrogens is 192 g/mol. The van der Waals surface area contributed by atoms with E-state index in [4.69, 9.17) is 0 Å². The van der Waals surface area contributed by atoms with Crippen LogP contribution in [0.2, 0.25) is 0 Å². The van der Waals surface area contributed by atoms with Gasteiger partial charge in [-0.15, -0.1) is 0 Å². The standard InChI is InChI=1S/C16H15/c1-3-14-8-10-16(11-9-14)12-15-6-4-13(2)5-7-15/h4-11H,2-3H2,1H3/q+1. The molecule has 16 heavy (non-hydrogen) atoms. The molecule has 0 heteroatoms. The van der Waals surface area contributed by atoms with E-state index in [0.717, 1.165) is 22.4 Å². The molecule has 0 unspecified atom stereocenters. The van der Waals surface area contributed by atoms with Crippen LogP contribution in [0.3, 0.4) is 0 Å². The fraction of sp³-hybridized carbons (Fsp3) is 0.125. The lowest BCUT2D eigenvalue weighted by Crippen LogP contribution is -2.05. The molecule has 0 heterocycles. The average molecular weight is 207 g/mol. The van der Waals surface area contributed by atoms with Gasteiger partial charge in [-0.25, -0.2) is 0 Å². The maximum atomic E-state index is 3.86. The van der Waals surface area contributed by atoms with Crippen LogP contribution < -0.4 is 10.4 Å². The first-order valence-corrected chi connectivity index (χ1v) is 5.56. The van der Waals surface area contributed by atoms with Crippen molar-refractivity contribution in [3.05, 3.63) is 70.1 Å². The smallest absolute Gasteiger partial charge is 0.0904 e. The van der Waals surface area contributed by atoms with Crippen molar-refractivity contribution >= 4 is 12.7 Å². The second-order valence-corrected chi connectivity index (χ2v) is 3.87. The summed E-state index contributed by atoms with van der Waals surface area (Å²) in [7, 11) is 0. The molecule has 0 fully saturated rings. The van der Waals surface area contributed by atoms with Crippen molar-refractivity contribution in [2.24, 2.45) is 0 Å². The van der Waals surface area contributed by atoms with Crippen molar-refractivity contribution in [2.75, 3.05) is 0 Å². The molecule has 0 bridgehead atoms. The van der Waals surface area contributed by atoms with Crippen LogP contribution in [0, 0.1) is 0 Å². The Labute approximate surface area is 96.6 Å². The van der Waals surface area contributed by atoms with Gasteiger partial charge < -0.3 is 0 Å². The van der Waals surface area contributed by atoms with Crippen molar-refractivity contribution in [1.82, 2.24) is 0 Å². The first-order chi connectivity index (χ1) is 7.78. The third kappa shape index (κ3) is 2.56. The molecule has 2 aromatic carbocycles. The maximum Gasteiger partial charge on any atom is 0.122 e. The Morgan fingerprint density at radius 1 is 0.938 bits per heavy atom. The van der Waals surface area contributed by atoms with Crippen LogP contribution in [0.1, 0.15) is 18.1 Å². The van der Waals surface area contributed by atoms with E-state index in [1.54, 1.807) is 0 Å². The summed E-state index contributed by atoms with van der Waals surface area (Å²) in [6.07, 6.45) is 4.43. The molecule has 0 amide bonds. The fourth-order valence-corrected chi connectivity index (χ4v) is 1.58. The van der Waals surface area contributed by atoms with Crippen LogP contribution >= 0.6 is 0 Å². The molecule has 0 saturated carbocycles. The largest absolute Gasteiger partial charge is 0.122 e. The van der Waals surface area contributed by atoms with Gasteiger partial charge in [0.1, 0.15) is 10.8 Å². The first-order valence-electron chi connectivity index (χ1n) is 5.56. The van der Waals surface area contributed by atoms with Gasteiger partial charge in [0.05, 0.1) is 0 Å². The molecule has 0 aliphatic heterocycles. The van der Waals surface area contributed by atoms with Gasteiger partial charge in [0.2, 0.25) is 0 Å². The normalized spacial score (nSPS) is 9.81. The lowest BCUT2D eigenvalue weighted by Gasteiger charge is -1.91. The molecule has 0 spiro atoms. The summed E-state index contributed by atoms with van der Waals surface area (Å²) in [5, 5.41) is 2.13. The third-order valence-corrected chi connectivity index (χ3v) is 2.60. The predicted octanol–water partition coefficient (Wildman–Crippen LogP) is 2.37. The van der Waals surface area contributed by atoms with Crippen molar-refractivity contribution in [1.29, 1.82) is 0 Å². The summed E-state index contributed by atoms with van der Waals surface area (Å²) in [6.45, 7) is 6.03. The molecule has 0 N–H and O–H groups in total. The van der Waals surface area contributed by atoms with Crippen molar-refractivity contribution in [2.45, 2.75) is 13.3 Å². The van der Waals surface area contributed by atoms with Gasteiger partial charge in [0.15, 0.2) is 0 Å². The molecule has 0 radical (unpaired) electrons. The molecule has 0 nitrogen and oxygen atoms in total. The average Bonchev–Trinajstić information content (AvgIpc) is 2.33. The Balaban J connectivity index is 2.35. The van der Waals surface area contributed by atoms with Crippen LogP contribution in [0.5, 0.6) is 0 Å². The molecule has 0 atom stereocenters. The Bertz CT molecular complexity index is 538. The van der Waals surface area contributed by atoms with E-state index in [-0.39, 0.29) is 0 Å². The fourth-order valence-electron chi connectivity index (χ4n) is 1.58. The lowest BCUT2D eigenvalue weighted by molar-refractivity contribution is 1.14.